The Labute approximate surface area is 158 Å². The van der Waals surface area contributed by atoms with Gasteiger partial charge in [-0.2, -0.15) is 0 Å². The highest BCUT2D eigenvalue weighted by molar-refractivity contribution is 5.86. The van der Waals surface area contributed by atoms with E-state index in [0.717, 1.165) is 11.1 Å². The molecule has 0 unspecified atom stereocenters. The minimum absolute atomic E-state index is 0.308. The van der Waals surface area contributed by atoms with E-state index < -0.39 is 17.7 Å². The van der Waals surface area contributed by atoms with Crippen molar-refractivity contribution in [1.82, 2.24) is 10.6 Å². The smallest absolute Gasteiger partial charge is 0.408 e. The molecule has 0 saturated heterocycles. The third-order valence-electron chi connectivity index (χ3n) is 4.09. The van der Waals surface area contributed by atoms with E-state index >= 15 is 0 Å². The van der Waals surface area contributed by atoms with Gasteiger partial charge >= 0.3 is 6.09 Å². The summed E-state index contributed by atoms with van der Waals surface area (Å²) < 4.78 is 11.1. The maximum Gasteiger partial charge on any atom is 0.408 e. The van der Waals surface area contributed by atoms with Crippen LogP contribution in [0.3, 0.4) is 0 Å². The molecule has 0 radical (unpaired) electrons. The summed E-state index contributed by atoms with van der Waals surface area (Å²) in [7, 11) is 0. The first-order valence-electron chi connectivity index (χ1n) is 8.90. The topological polar surface area (TPSA) is 76.7 Å². The molecule has 1 aliphatic rings. The predicted octanol–water partition coefficient (Wildman–Crippen LogP) is 3.91. The van der Waals surface area contributed by atoms with Crippen LogP contribution in [-0.4, -0.2) is 23.6 Å². The molecule has 6 heteroatoms. The molecule has 142 valence electrons. The van der Waals surface area contributed by atoms with Crippen molar-refractivity contribution in [3.8, 4) is 11.5 Å². The van der Waals surface area contributed by atoms with Crippen LogP contribution < -0.4 is 15.4 Å². The second-order valence-corrected chi connectivity index (χ2v) is 7.49. The molecule has 1 aliphatic heterocycles. The first-order chi connectivity index (χ1) is 12.7. The average Bonchev–Trinajstić information content (AvgIpc) is 2.59. The fraction of sp³-hybridized carbons (Fsp3) is 0.333. The van der Waals surface area contributed by atoms with Gasteiger partial charge in [0.2, 0.25) is 5.91 Å². The first kappa shape index (κ1) is 18.8. The van der Waals surface area contributed by atoms with Gasteiger partial charge in [0.25, 0.3) is 0 Å². The van der Waals surface area contributed by atoms with Crippen LogP contribution in [0, 0.1) is 0 Å². The number of ether oxygens (including phenoxy) is 2. The molecule has 0 aliphatic carbocycles. The zero-order chi connectivity index (χ0) is 19.6. The highest BCUT2D eigenvalue weighted by Crippen LogP contribution is 2.42. The van der Waals surface area contributed by atoms with E-state index in [1.165, 1.54) is 0 Å². The lowest BCUT2D eigenvalue weighted by Crippen LogP contribution is -2.47. The molecule has 3 rings (SSSR count). The average molecular weight is 368 g/mol. The van der Waals surface area contributed by atoms with Crippen molar-refractivity contribution in [3.05, 3.63) is 59.7 Å². The Hall–Kier alpha value is -3.02. The molecule has 2 N–H and O–H groups in total. The van der Waals surface area contributed by atoms with Crippen LogP contribution in [0.4, 0.5) is 4.79 Å². The van der Waals surface area contributed by atoms with E-state index in [1.807, 2.05) is 48.5 Å². The van der Waals surface area contributed by atoms with Crippen LogP contribution >= 0.6 is 0 Å². The molecule has 1 heterocycles. The Morgan fingerprint density at radius 3 is 2.04 bits per heavy atom. The van der Waals surface area contributed by atoms with E-state index in [2.05, 4.69) is 10.6 Å². The quantitative estimate of drug-likeness (QED) is 0.861. The van der Waals surface area contributed by atoms with Gasteiger partial charge in [-0.3, -0.25) is 4.79 Å². The van der Waals surface area contributed by atoms with Gasteiger partial charge in [0.05, 0.1) is 6.04 Å². The van der Waals surface area contributed by atoms with Crippen molar-refractivity contribution >= 4 is 12.0 Å². The van der Waals surface area contributed by atoms with Gasteiger partial charge in [-0.05, 0) is 39.8 Å². The molecule has 27 heavy (non-hydrogen) atoms. The second kappa shape index (κ2) is 7.31. The van der Waals surface area contributed by atoms with Gasteiger partial charge in [0.15, 0.2) is 0 Å². The fourth-order valence-corrected chi connectivity index (χ4v) is 2.88. The fourth-order valence-electron chi connectivity index (χ4n) is 2.88. The van der Waals surface area contributed by atoms with Gasteiger partial charge in [0.1, 0.15) is 23.1 Å². The lowest BCUT2D eigenvalue weighted by atomic mass is 9.94. The number of carbonyl (C=O) groups is 2. The third kappa shape index (κ3) is 4.39. The lowest BCUT2D eigenvalue weighted by molar-refractivity contribution is -0.123. The van der Waals surface area contributed by atoms with E-state index in [4.69, 9.17) is 9.47 Å². The van der Waals surface area contributed by atoms with E-state index in [0.29, 0.717) is 11.5 Å². The monoisotopic (exact) mass is 368 g/mol. The second-order valence-electron chi connectivity index (χ2n) is 7.49. The number of alkyl carbamates (subject to hydrolysis) is 1. The van der Waals surface area contributed by atoms with Crippen molar-refractivity contribution in [3.63, 3.8) is 0 Å². The van der Waals surface area contributed by atoms with Crippen LogP contribution in [0.5, 0.6) is 11.5 Å². The first-order valence-corrected chi connectivity index (χ1v) is 8.90. The zero-order valence-electron chi connectivity index (χ0n) is 15.9. The molecule has 2 aromatic rings. The molecule has 6 nitrogen and oxygen atoms in total. The summed E-state index contributed by atoms with van der Waals surface area (Å²) in [5, 5.41) is 5.58. The Kier molecular flexibility index (Phi) is 5.08. The number of hydrogen-bond donors (Lipinski definition) is 2. The number of benzene rings is 2. The van der Waals surface area contributed by atoms with Crippen LogP contribution in [0.15, 0.2) is 48.5 Å². The van der Waals surface area contributed by atoms with Crippen LogP contribution in [0.1, 0.15) is 44.9 Å². The number of para-hydroxylation sites is 2. The number of fused-ring (bicyclic) bond motifs is 2. The predicted molar refractivity (Wildman–Crippen MR) is 102 cm³/mol. The highest BCUT2D eigenvalue weighted by atomic mass is 16.6. The molecule has 0 spiro atoms. The SMILES string of the molecule is C[C@@H](NC(=O)OC(C)(C)C)C(=O)NC1c2ccccc2Oc2ccccc21. The largest absolute Gasteiger partial charge is 0.457 e. The summed E-state index contributed by atoms with van der Waals surface area (Å²) in [6.45, 7) is 6.93. The maximum atomic E-state index is 12.7. The van der Waals surface area contributed by atoms with Gasteiger partial charge in [-0.25, -0.2) is 4.79 Å². The Bertz CT molecular complexity index is 812. The van der Waals surface area contributed by atoms with E-state index in [9.17, 15) is 9.59 Å². The van der Waals surface area contributed by atoms with E-state index in [1.54, 1.807) is 27.7 Å². The molecule has 0 fully saturated rings. The van der Waals surface area contributed by atoms with Crippen molar-refractivity contribution in [2.75, 3.05) is 0 Å². The Balaban J connectivity index is 1.77. The standard InChI is InChI=1S/C21H24N2O4/c1-13(22-20(25)27-21(2,3)4)19(24)23-18-14-9-5-7-11-16(14)26-17-12-8-6-10-15(17)18/h5-13,18H,1-4H3,(H,22,25)(H,23,24)/t13-/m1/s1. The summed E-state index contributed by atoms with van der Waals surface area (Å²) in [6.07, 6.45) is -0.627. The van der Waals surface area contributed by atoms with Crippen molar-refractivity contribution < 1.29 is 19.1 Å². The normalized spacial score (nSPS) is 14.2. The number of nitrogens with one attached hydrogen (secondary N) is 2. The van der Waals surface area contributed by atoms with E-state index in [-0.39, 0.29) is 11.9 Å². The van der Waals surface area contributed by atoms with Crippen LogP contribution in [0.25, 0.3) is 0 Å². The van der Waals surface area contributed by atoms with Gasteiger partial charge in [-0.1, -0.05) is 36.4 Å². The Morgan fingerprint density at radius 1 is 1.00 bits per heavy atom. The summed E-state index contributed by atoms with van der Waals surface area (Å²) in [6, 6.07) is 14.0. The molecule has 2 aromatic carbocycles. The van der Waals surface area contributed by atoms with Crippen molar-refractivity contribution in [2.45, 2.75) is 45.4 Å². The Morgan fingerprint density at radius 2 is 1.52 bits per heavy atom. The third-order valence-corrected chi connectivity index (χ3v) is 4.09. The molecule has 1 atom stereocenters. The molecule has 0 saturated carbocycles. The summed E-state index contributed by atoms with van der Waals surface area (Å²) >= 11 is 0. The summed E-state index contributed by atoms with van der Waals surface area (Å²) in [5.74, 6) is 1.10. The van der Waals surface area contributed by atoms with Crippen LogP contribution in [0.2, 0.25) is 0 Å². The minimum atomic E-state index is -0.748. The lowest BCUT2D eigenvalue weighted by Gasteiger charge is -2.30. The minimum Gasteiger partial charge on any atom is -0.457 e. The molecule has 0 aromatic heterocycles. The summed E-state index contributed by atoms with van der Waals surface area (Å²) in [5.41, 5.74) is 1.11. The van der Waals surface area contributed by atoms with Gasteiger partial charge in [0, 0.05) is 11.1 Å². The number of carbonyl (C=O) groups excluding carboxylic acids is 2. The summed E-state index contributed by atoms with van der Waals surface area (Å²) in [4.78, 5) is 24.6. The van der Waals surface area contributed by atoms with Crippen molar-refractivity contribution in [2.24, 2.45) is 0 Å². The van der Waals surface area contributed by atoms with Crippen molar-refractivity contribution in [1.29, 1.82) is 0 Å². The molecular weight excluding hydrogens is 344 g/mol. The van der Waals surface area contributed by atoms with Crippen LogP contribution in [-0.2, 0) is 9.53 Å². The molecule has 2 amide bonds. The number of hydrogen-bond acceptors (Lipinski definition) is 4. The molecule has 0 bridgehead atoms. The number of rotatable bonds is 3. The van der Waals surface area contributed by atoms with Gasteiger partial charge in [-0.15, -0.1) is 0 Å². The van der Waals surface area contributed by atoms with Gasteiger partial charge < -0.3 is 20.1 Å². The maximum absolute atomic E-state index is 12.7. The molecular formula is C21H24N2O4. The number of amides is 2. The zero-order valence-corrected chi connectivity index (χ0v) is 15.9. The highest BCUT2D eigenvalue weighted by Gasteiger charge is 2.30.